The van der Waals surface area contributed by atoms with Crippen LogP contribution in [0.25, 0.3) is 0 Å². The Labute approximate surface area is 232 Å². The molecule has 4 aliphatic heterocycles. The van der Waals surface area contributed by atoms with E-state index in [4.69, 9.17) is 0 Å². The molecule has 0 amide bonds. The van der Waals surface area contributed by atoms with Crippen molar-refractivity contribution in [2.75, 3.05) is 52.4 Å². The van der Waals surface area contributed by atoms with Gasteiger partial charge in [-0.05, 0) is 109 Å². The van der Waals surface area contributed by atoms with Crippen LogP contribution in [0.15, 0.2) is 0 Å². The van der Waals surface area contributed by atoms with Crippen LogP contribution in [-0.2, 0) is 0 Å². The van der Waals surface area contributed by atoms with Crippen molar-refractivity contribution in [1.82, 2.24) is 30.2 Å². The Bertz CT molecular complexity index is 650. The van der Waals surface area contributed by atoms with Crippen LogP contribution >= 0.6 is 0 Å². The average Bonchev–Trinajstić information content (AvgIpc) is 3.22. The van der Waals surface area contributed by atoms with E-state index in [0.717, 1.165) is 12.6 Å². The molecule has 5 atom stereocenters. The Morgan fingerprint density at radius 1 is 0.595 bits per heavy atom. The smallest absolute Gasteiger partial charge is 0.0224 e. The van der Waals surface area contributed by atoms with Crippen LogP contribution in [0.4, 0.5) is 0 Å². The first-order valence-electron chi connectivity index (χ1n) is 15.4. The third kappa shape index (κ3) is 10.7. The lowest BCUT2D eigenvalue weighted by atomic mass is 10.00. The van der Waals surface area contributed by atoms with Gasteiger partial charge >= 0.3 is 0 Å². The van der Waals surface area contributed by atoms with E-state index in [1.54, 1.807) is 0 Å². The molecule has 37 heavy (non-hydrogen) atoms. The first-order chi connectivity index (χ1) is 16.9. The fourth-order valence-corrected chi connectivity index (χ4v) is 6.43. The Morgan fingerprint density at radius 3 is 1.65 bits per heavy atom. The number of piperazine rings is 3. The van der Waals surface area contributed by atoms with Gasteiger partial charge in [-0.1, -0.05) is 0 Å². The van der Waals surface area contributed by atoms with Gasteiger partial charge < -0.3 is 10.6 Å². The minimum atomic E-state index is 0.315. The second-order valence-corrected chi connectivity index (χ2v) is 15.5. The summed E-state index contributed by atoms with van der Waals surface area (Å²) in [6.07, 6.45) is 2.84. The van der Waals surface area contributed by atoms with Gasteiger partial charge in [-0.15, -0.1) is 0 Å². The van der Waals surface area contributed by atoms with Crippen molar-refractivity contribution in [3.8, 4) is 0 Å². The first-order valence-corrected chi connectivity index (χ1v) is 15.4. The second-order valence-electron chi connectivity index (χ2n) is 15.5. The van der Waals surface area contributed by atoms with E-state index in [-0.39, 0.29) is 0 Å². The lowest BCUT2D eigenvalue weighted by Crippen LogP contribution is -2.60. The average molecular weight is 523 g/mol. The van der Waals surface area contributed by atoms with Crippen molar-refractivity contribution in [1.29, 1.82) is 0 Å². The third-order valence-corrected chi connectivity index (χ3v) is 8.67. The van der Waals surface area contributed by atoms with Crippen molar-refractivity contribution >= 4 is 0 Å². The molecular formula is C31H66N6. The first kappa shape index (κ1) is 33.0. The van der Waals surface area contributed by atoms with Gasteiger partial charge in [0.05, 0.1) is 0 Å². The monoisotopic (exact) mass is 523 g/mol. The third-order valence-electron chi connectivity index (χ3n) is 8.67. The van der Waals surface area contributed by atoms with Crippen LogP contribution < -0.4 is 10.6 Å². The summed E-state index contributed by atoms with van der Waals surface area (Å²) < 4.78 is 0. The van der Waals surface area contributed by atoms with Crippen LogP contribution in [0.3, 0.4) is 0 Å². The molecule has 4 rings (SSSR count). The molecule has 0 radical (unpaired) electrons. The predicted octanol–water partition coefficient (Wildman–Crippen LogP) is 4.50. The van der Waals surface area contributed by atoms with Crippen molar-refractivity contribution in [3.63, 3.8) is 0 Å². The zero-order chi connectivity index (χ0) is 28.2. The summed E-state index contributed by atoms with van der Waals surface area (Å²) in [6, 6.07) is 3.44. The predicted molar refractivity (Wildman–Crippen MR) is 163 cm³/mol. The number of hydrogen-bond donors (Lipinski definition) is 2. The van der Waals surface area contributed by atoms with E-state index >= 15 is 0 Å². The van der Waals surface area contributed by atoms with E-state index in [0.29, 0.717) is 40.8 Å². The second kappa shape index (κ2) is 13.4. The summed E-state index contributed by atoms with van der Waals surface area (Å²) in [5.41, 5.74) is 1.01. The molecule has 5 unspecified atom stereocenters. The van der Waals surface area contributed by atoms with Gasteiger partial charge in [0.1, 0.15) is 0 Å². The Balaban J connectivity index is 0.000000195. The molecule has 0 aromatic heterocycles. The van der Waals surface area contributed by atoms with E-state index in [2.05, 4.69) is 120 Å². The summed E-state index contributed by atoms with van der Waals surface area (Å²) in [5.74, 6) is 0. The number of rotatable bonds is 0. The van der Waals surface area contributed by atoms with E-state index in [9.17, 15) is 0 Å². The van der Waals surface area contributed by atoms with Gasteiger partial charge in [0.2, 0.25) is 0 Å². The van der Waals surface area contributed by atoms with Gasteiger partial charge in [-0.25, -0.2) is 0 Å². The highest BCUT2D eigenvalue weighted by Gasteiger charge is 2.34. The topological polar surface area (TPSA) is 37.0 Å². The van der Waals surface area contributed by atoms with Crippen LogP contribution in [0.2, 0.25) is 0 Å². The lowest BCUT2D eigenvalue weighted by Gasteiger charge is -2.45. The molecule has 0 aromatic rings. The minimum absolute atomic E-state index is 0.315. The quantitative estimate of drug-likeness (QED) is 0.488. The van der Waals surface area contributed by atoms with E-state index in [1.165, 1.54) is 58.7 Å². The Kier molecular flexibility index (Phi) is 12.0. The van der Waals surface area contributed by atoms with Gasteiger partial charge in [-0.3, -0.25) is 19.6 Å². The molecule has 6 nitrogen and oxygen atoms in total. The number of nitrogens with zero attached hydrogens (tertiary/aromatic N) is 4. The molecule has 0 spiro atoms. The van der Waals surface area contributed by atoms with Crippen molar-refractivity contribution in [2.45, 2.75) is 150 Å². The standard InChI is InChI=1S/C11H22N2.2C10H22N2/c1-11(2,3)13-8-7-12-6-4-5-10(12)9-13;1-8-7-12(10(3,4)5)9(2)6-11-8;1-8-6-12(10(3,4)5)7-9(2)11-8/h10H,4-9H2,1-3H3;2*8-9,11H,6-7H2,1-5H3. The minimum Gasteiger partial charge on any atom is -0.311 e. The summed E-state index contributed by atoms with van der Waals surface area (Å²) in [5, 5.41) is 7.03. The molecule has 0 aliphatic carbocycles. The molecule has 0 bridgehead atoms. The molecular weight excluding hydrogens is 456 g/mol. The summed E-state index contributed by atoms with van der Waals surface area (Å²) >= 11 is 0. The summed E-state index contributed by atoms with van der Waals surface area (Å²) in [4.78, 5) is 10.4. The van der Waals surface area contributed by atoms with Crippen LogP contribution in [0, 0.1) is 0 Å². The van der Waals surface area contributed by atoms with Gasteiger partial charge in [0.25, 0.3) is 0 Å². The lowest BCUT2D eigenvalue weighted by molar-refractivity contribution is 0.0413. The molecule has 0 aromatic carbocycles. The zero-order valence-electron chi connectivity index (χ0n) is 27.2. The summed E-state index contributed by atoms with van der Waals surface area (Å²) in [7, 11) is 0. The normalized spacial score (nSPS) is 33.2. The highest BCUT2D eigenvalue weighted by molar-refractivity contribution is 4.91. The molecule has 4 heterocycles. The highest BCUT2D eigenvalue weighted by Crippen LogP contribution is 2.25. The number of hydrogen-bond acceptors (Lipinski definition) is 6. The van der Waals surface area contributed by atoms with Gasteiger partial charge in [-0.2, -0.15) is 0 Å². The van der Waals surface area contributed by atoms with Crippen LogP contribution in [0.1, 0.15) is 103 Å². The number of fused-ring (bicyclic) bond motifs is 1. The van der Waals surface area contributed by atoms with Crippen molar-refractivity contribution < 1.29 is 0 Å². The van der Waals surface area contributed by atoms with E-state index < -0.39 is 0 Å². The van der Waals surface area contributed by atoms with Crippen LogP contribution in [0.5, 0.6) is 0 Å². The summed E-state index contributed by atoms with van der Waals surface area (Å²) in [6.45, 7) is 39.7. The number of nitrogens with one attached hydrogen (secondary N) is 2. The molecule has 4 aliphatic rings. The van der Waals surface area contributed by atoms with E-state index in [1.807, 2.05) is 0 Å². The largest absolute Gasteiger partial charge is 0.311 e. The Hall–Kier alpha value is -0.240. The van der Waals surface area contributed by atoms with Gasteiger partial charge in [0, 0.05) is 92.6 Å². The highest BCUT2D eigenvalue weighted by atomic mass is 15.3. The molecule has 4 fully saturated rings. The maximum Gasteiger partial charge on any atom is 0.0224 e. The molecule has 6 heteroatoms. The molecule has 4 saturated heterocycles. The van der Waals surface area contributed by atoms with Gasteiger partial charge in [0.15, 0.2) is 0 Å². The Morgan fingerprint density at radius 2 is 1.16 bits per heavy atom. The van der Waals surface area contributed by atoms with Crippen molar-refractivity contribution in [2.24, 2.45) is 0 Å². The maximum absolute atomic E-state index is 3.54. The fourth-order valence-electron chi connectivity index (χ4n) is 6.43. The van der Waals surface area contributed by atoms with Crippen LogP contribution in [-0.4, -0.2) is 119 Å². The van der Waals surface area contributed by atoms with Crippen molar-refractivity contribution in [3.05, 3.63) is 0 Å². The maximum atomic E-state index is 3.54. The molecule has 0 saturated carbocycles. The molecule has 220 valence electrons. The molecule has 2 N–H and O–H groups in total. The SMILES string of the molecule is CC(C)(C)N1CCN2CCCC2C1.CC1CN(C(C)(C)C)C(C)CN1.CC1CN(C(C)(C)C)CC(C)N1. The fraction of sp³-hybridized carbons (Fsp3) is 1.00. The zero-order valence-corrected chi connectivity index (χ0v) is 27.2.